The molecule has 82 valence electrons. The minimum Gasteiger partial charge on any atom is -0.271 e. The SMILES string of the molecule is CC#CCC(NN)c1snnc1CCC. The molecule has 1 unspecified atom stereocenters. The number of aromatic nitrogens is 2. The molecule has 0 amide bonds. The molecule has 0 bridgehead atoms. The first-order valence-corrected chi connectivity index (χ1v) is 5.77. The van der Waals surface area contributed by atoms with Crippen molar-refractivity contribution in [3.8, 4) is 11.8 Å². The Labute approximate surface area is 94.4 Å². The van der Waals surface area contributed by atoms with Crippen LogP contribution in [0.25, 0.3) is 0 Å². The molecule has 0 aliphatic carbocycles. The molecule has 1 rings (SSSR count). The van der Waals surface area contributed by atoms with Crippen LogP contribution in [0, 0.1) is 11.8 Å². The summed E-state index contributed by atoms with van der Waals surface area (Å²) in [5.41, 5.74) is 3.81. The first-order valence-electron chi connectivity index (χ1n) is 5.00. The van der Waals surface area contributed by atoms with Gasteiger partial charge in [0.15, 0.2) is 0 Å². The van der Waals surface area contributed by atoms with E-state index in [2.05, 4.69) is 33.8 Å². The highest BCUT2D eigenvalue weighted by atomic mass is 32.1. The average Bonchev–Trinajstić information content (AvgIpc) is 2.68. The maximum Gasteiger partial charge on any atom is 0.0804 e. The number of nitrogens with one attached hydrogen (secondary N) is 1. The van der Waals surface area contributed by atoms with Gasteiger partial charge >= 0.3 is 0 Å². The highest BCUT2D eigenvalue weighted by molar-refractivity contribution is 7.05. The second-order valence-corrected chi connectivity index (χ2v) is 3.97. The lowest BCUT2D eigenvalue weighted by molar-refractivity contribution is 0.569. The molecule has 0 aliphatic heterocycles. The number of nitrogens with zero attached hydrogens (tertiary/aromatic N) is 2. The van der Waals surface area contributed by atoms with Crippen LogP contribution < -0.4 is 11.3 Å². The Morgan fingerprint density at radius 1 is 1.60 bits per heavy atom. The molecule has 0 spiro atoms. The molecule has 0 aliphatic rings. The van der Waals surface area contributed by atoms with Crippen molar-refractivity contribution < 1.29 is 0 Å². The fourth-order valence-corrected chi connectivity index (χ4v) is 2.08. The Balaban J connectivity index is 2.79. The first-order chi connectivity index (χ1) is 7.33. The smallest absolute Gasteiger partial charge is 0.0804 e. The van der Waals surface area contributed by atoms with Gasteiger partial charge < -0.3 is 0 Å². The molecule has 1 atom stereocenters. The van der Waals surface area contributed by atoms with Crippen molar-refractivity contribution in [2.45, 2.75) is 39.2 Å². The van der Waals surface area contributed by atoms with Crippen LogP contribution in [-0.2, 0) is 6.42 Å². The summed E-state index contributed by atoms with van der Waals surface area (Å²) in [4.78, 5) is 1.11. The van der Waals surface area contributed by atoms with E-state index in [0.29, 0.717) is 6.42 Å². The largest absolute Gasteiger partial charge is 0.271 e. The van der Waals surface area contributed by atoms with Crippen LogP contribution in [0.15, 0.2) is 0 Å². The summed E-state index contributed by atoms with van der Waals surface area (Å²) < 4.78 is 3.97. The van der Waals surface area contributed by atoms with Crippen LogP contribution in [0.4, 0.5) is 0 Å². The minimum atomic E-state index is 0.0546. The van der Waals surface area contributed by atoms with E-state index in [4.69, 9.17) is 5.84 Å². The van der Waals surface area contributed by atoms with E-state index in [9.17, 15) is 0 Å². The van der Waals surface area contributed by atoms with Crippen LogP contribution in [0.2, 0.25) is 0 Å². The van der Waals surface area contributed by atoms with E-state index in [-0.39, 0.29) is 6.04 Å². The zero-order valence-corrected chi connectivity index (χ0v) is 9.90. The highest BCUT2D eigenvalue weighted by Gasteiger charge is 2.16. The Hall–Kier alpha value is -0.960. The number of hydrogen-bond acceptors (Lipinski definition) is 5. The molecule has 5 heteroatoms. The molecule has 15 heavy (non-hydrogen) atoms. The van der Waals surface area contributed by atoms with Crippen LogP contribution in [0.3, 0.4) is 0 Å². The Kier molecular flexibility index (Phi) is 5.26. The van der Waals surface area contributed by atoms with E-state index < -0.39 is 0 Å². The van der Waals surface area contributed by atoms with Crippen molar-refractivity contribution in [1.82, 2.24) is 15.0 Å². The third kappa shape index (κ3) is 3.27. The van der Waals surface area contributed by atoms with Gasteiger partial charge in [0.05, 0.1) is 16.6 Å². The van der Waals surface area contributed by atoms with Crippen molar-refractivity contribution in [3.63, 3.8) is 0 Å². The Morgan fingerprint density at radius 3 is 3.00 bits per heavy atom. The number of nitrogens with two attached hydrogens (primary N) is 1. The molecule has 0 saturated carbocycles. The van der Waals surface area contributed by atoms with Crippen LogP contribution in [-0.4, -0.2) is 9.59 Å². The summed E-state index contributed by atoms with van der Waals surface area (Å²) in [5, 5.41) is 4.11. The van der Waals surface area contributed by atoms with E-state index in [1.165, 1.54) is 11.5 Å². The predicted molar refractivity (Wildman–Crippen MR) is 62.0 cm³/mol. The average molecular weight is 224 g/mol. The van der Waals surface area contributed by atoms with Gasteiger partial charge in [0.2, 0.25) is 0 Å². The van der Waals surface area contributed by atoms with Crippen LogP contribution in [0.1, 0.15) is 43.3 Å². The maximum atomic E-state index is 5.50. The van der Waals surface area contributed by atoms with Gasteiger partial charge in [0.1, 0.15) is 0 Å². The fraction of sp³-hybridized carbons (Fsp3) is 0.600. The molecule has 3 N–H and O–H groups in total. The standard InChI is InChI=1S/C10H16N4S/c1-3-5-7-8(12-11)10-9(6-4-2)13-14-15-10/h8,12H,4,6-7,11H2,1-2H3. The number of hydrazine groups is 1. The van der Waals surface area contributed by atoms with Crippen molar-refractivity contribution in [2.75, 3.05) is 0 Å². The van der Waals surface area contributed by atoms with Crippen molar-refractivity contribution in [2.24, 2.45) is 5.84 Å². The van der Waals surface area contributed by atoms with Gasteiger partial charge in [-0.25, -0.2) is 0 Å². The van der Waals surface area contributed by atoms with Crippen LogP contribution >= 0.6 is 11.5 Å². The topological polar surface area (TPSA) is 63.8 Å². The summed E-state index contributed by atoms with van der Waals surface area (Å²) in [6.07, 6.45) is 2.71. The zero-order chi connectivity index (χ0) is 11.1. The monoisotopic (exact) mass is 224 g/mol. The molecule has 0 fully saturated rings. The van der Waals surface area contributed by atoms with Gasteiger partial charge in [-0.1, -0.05) is 17.8 Å². The quantitative estimate of drug-likeness (QED) is 0.451. The molecule has 0 aromatic carbocycles. The van der Waals surface area contributed by atoms with E-state index in [0.717, 1.165) is 23.4 Å². The minimum absolute atomic E-state index is 0.0546. The molecule has 1 aromatic rings. The van der Waals surface area contributed by atoms with E-state index >= 15 is 0 Å². The number of aryl methyl sites for hydroxylation is 1. The summed E-state index contributed by atoms with van der Waals surface area (Å²) in [6.45, 7) is 3.95. The lowest BCUT2D eigenvalue weighted by Gasteiger charge is -2.11. The van der Waals surface area contributed by atoms with Gasteiger partial charge in [-0.2, -0.15) is 0 Å². The first kappa shape index (κ1) is 12.1. The number of hydrogen-bond donors (Lipinski definition) is 2. The van der Waals surface area contributed by atoms with Crippen molar-refractivity contribution in [1.29, 1.82) is 0 Å². The summed E-state index contributed by atoms with van der Waals surface area (Å²) in [7, 11) is 0. The van der Waals surface area contributed by atoms with Crippen LogP contribution in [0.5, 0.6) is 0 Å². The van der Waals surface area contributed by atoms with Gasteiger partial charge in [0.25, 0.3) is 0 Å². The maximum absolute atomic E-state index is 5.50. The lowest BCUT2D eigenvalue weighted by Crippen LogP contribution is -2.27. The third-order valence-corrected chi connectivity index (χ3v) is 2.95. The predicted octanol–water partition coefficient (Wildman–Crippen LogP) is 1.41. The normalized spacial score (nSPS) is 11.9. The molecule has 4 nitrogen and oxygen atoms in total. The highest BCUT2D eigenvalue weighted by Crippen LogP contribution is 2.23. The third-order valence-electron chi connectivity index (χ3n) is 2.07. The van der Waals surface area contributed by atoms with Crippen molar-refractivity contribution in [3.05, 3.63) is 10.6 Å². The molecular formula is C10H16N4S. The summed E-state index contributed by atoms with van der Waals surface area (Å²) in [5.74, 6) is 11.4. The van der Waals surface area contributed by atoms with Gasteiger partial charge in [-0.05, 0) is 24.9 Å². The molecule has 0 saturated heterocycles. The van der Waals surface area contributed by atoms with E-state index in [1.807, 2.05) is 6.92 Å². The Bertz CT molecular complexity index is 350. The lowest BCUT2D eigenvalue weighted by atomic mass is 10.1. The van der Waals surface area contributed by atoms with E-state index in [1.54, 1.807) is 0 Å². The molecule has 1 heterocycles. The zero-order valence-electron chi connectivity index (χ0n) is 9.08. The Morgan fingerprint density at radius 2 is 2.40 bits per heavy atom. The van der Waals surface area contributed by atoms with Gasteiger partial charge in [-0.3, -0.25) is 11.3 Å². The summed E-state index contributed by atoms with van der Waals surface area (Å²) >= 11 is 1.40. The van der Waals surface area contributed by atoms with Gasteiger partial charge in [-0.15, -0.1) is 16.9 Å². The molecule has 1 aromatic heterocycles. The second-order valence-electron chi connectivity index (χ2n) is 3.18. The second kappa shape index (κ2) is 6.51. The number of rotatable bonds is 5. The molecule has 0 radical (unpaired) electrons. The summed E-state index contributed by atoms with van der Waals surface area (Å²) in [6, 6.07) is 0.0546. The van der Waals surface area contributed by atoms with Crippen molar-refractivity contribution >= 4 is 11.5 Å². The molecular weight excluding hydrogens is 208 g/mol. The fourth-order valence-electron chi connectivity index (χ4n) is 1.32. The van der Waals surface area contributed by atoms with Gasteiger partial charge in [0, 0.05) is 6.42 Å².